The summed E-state index contributed by atoms with van der Waals surface area (Å²) in [6.07, 6.45) is 1.58. The van der Waals surface area contributed by atoms with E-state index in [2.05, 4.69) is 26.2 Å². The number of benzene rings is 2. The standard InChI is InChI=1S/C16H11BrFN3O3/c1-24-16-8-14-10(7-15(16)21(22)23)13(4-5-19-14)20-9-2-3-12(18)11(17)6-9/h2-8H,1H3,(H,19,20). The number of ether oxygens (including phenoxy) is 1. The number of rotatable bonds is 4. The number of nitro benzene ring substituents is 1. The molecule has 0 spiro atoms. The topological polar surface area (TPSA) is 77.3 Å². The maximum absolute atomic E-state index is 13.3. The first-order valence-electron chi connectivity index (χ1n) is 6.83. The molecule has 24 heavy (non-hydrogen) atoms. The molecule has 0 atom stereocenters. The van der Waals surface area contributed by atoms with E-state index in [0.717, 1.165) is 0 Å². The van der Waals surface area contributed by atoms with Crippen LogP contribution >= 0.6 is 15.9 Å². The third-order valence-electron chi connectivity index (χ3n) is 3.44. The lowest BCUT2D eigenvalue weighted by Crippen LogP contribution is -1.97. The van der Waals surface area contributed by atoms with E-state index in [1.54, 1.807) is 24.4 Å². The second kappa shape index (κ2) is 6.40. The van der Waals surface area contributed by atoms with Crippen LogP contribution in [0.5, 0.6) is 5.75 Å². The highest BCUT2D eigenvalue weighted by atomic mass is 79.9. The molecule has 8 heteroatoms. The van der Waals surface area contributed by atoms with E-state index >= 15 is 0 Å². The minimum atomic E-state index is -0.510. The third kappa shape index (κ3) is 3.00. The summed E-state index contributed by atoms with van der Waals surface area (Å²) < 4.78 is 18.7. The molecule has 0 aliphatic carbocycles. The first-order chi connectivity index (χ1) is 11.5. The second-order valence-corrected chi connectivity index (χ2v) is 5.77. The number of halogens is 2. The molecule has 0 unspecified atom stereocenters. The highest BCUT2D eigenvalue weighted by Gasteiger charge is 2.18. The highest BCUT2D eigenvalue weighted by Crippen LogP contribution is 2.35. The normalized spacial score (nSPS) is 10.6. The third-order valence-corrected chi connectivity index (χ3v) is 4.05. The average Bonchev–Trinajstić information content (AvgIpc) is 2.57. The van der Waals surface area contributed by atoms with Gasteiger partial charge in [0.2, 0.25) is 0 Å². The number of hydrogen-bond acceptors (Lipinski definition) is 5. The summed E-state index contributed by atoms with van der Waals surface area (Å²) in [6, 6.07) is 9.09. The van der Waals surface area contributed by atoms with Crippen LogP contribution in [0.25, 0.3) is 10.9 Å². The van der Waals surface area contributed by atoms with Crippen LogP contribution in [-0.4, -0.2) is 17.0 Å². The van der Waals surface area contributed by atoms with Crippen molar-refractivity contribution < 1.29 is 14.1 Å². The van der Waals surface area contributed by atoms with Gasteiger partial charge in [0.05, 0.1) is 22.0 Å². The number of hydrogen-bond donors (Lipinski definition) is 1. The van der Waals surface area contributed by atoms with Gasteiger partial charge in [0.1, 0.15) is 5.82 Å². The highest BCUT2D eigenvalue weighted by molar-refractivity contribution is 9.10. The molecule has 1 aromatic heterocycles. The number of methoxy groups -OCH3 is 1. The van der Waals surface area contributed by atoms with E-state index in [9.17, 15) is 14.5 Å². The van der Waals surface area contributed by atoms with Crippen LogP contribution in [0.4, 0.5) is 21.5 Å². The Labute approximate surface area is 144 Å². The molecule has 0 aliphatic heterocycles. The molecular weight excluding hydrogens is 381 g/mol. The zero-order valence-corrected chi connectivity index (χ0v) is 14.0. The summed E-state index contributed by atoms with van der Waals surface area (Å²) in [7, 11) is 1.37. The molecule has 0 saturated heterocycles. The van der Waals surface area contributed by atoms with Gasteiger partial charge in [-0.05, 0) is 40.2 Å². The lowest BCUT2D eigenvalue weighted by molar-refractivity contribution is -0.385. The monoisotopic (exact) mass is 391 g/mol. The van der Waals surface area contributed by atoms with Crippen molar-refractivity contribution in [2.24, 2.45) is 0 Å². The molecule has 2 aromatic carbocycles. The average molecular weight is 392 g/mol. The van der Waals surface area contributed by atoms with Gasteiger partial charge in [-0.2, -0.15) is 0 Å². The van der Waals surface area contributed by atoms with Crippen LogP contribution in [0.15, 0.2) is 47.1 Å². The smallest absolute Gasteiger partial charge is 0.311 e. The molecule has 3 aromatic rings. The number of nitrogens with one attached hydrogen (secondary N) is 1. The summed E-state index contributed by atoms with van der Waals surface area (Å²) in [5.74, 6) is -0.234. The Morgan fingerprint density at radius 2 is 2.08 bits per heavy atom. The van der Waals surface area contributed by atoms with Crippen molar-refractivity contribution in [3.05, 3.63) is 63.0 Å². The van der Waals surface area contributed by atoms with Crippen molar-refractivity contribution in [2.75, 3.05) is 12.4 Å². The van der Waals surface area contributed by atoms with Crippen molar-refractivity contribution in [3.8, 4) is 5.75 Å². The number of aromatic nitrogens is 1. The molecule has 1 heterocycles. The fourth-order valence-electron chi connectivity index (χ4n) is 2.31. The van der Waals surface area contributed by atoms with Crippen LogP contribution in [0, 0.1) is 15.9 Å². The van der Waals surface area contributed by atoms with Crippen LogP contribution in [0.3, 0.4) is 0 Å². The van der Waals surface area contributed by atoms with Crippen LogP contribution < -0.4 is 10.1 Å². The lowest BCUT2D eigenvalue weighted by atomic mass is 10.1. The zero-order valence-electron chi connectivity index (χ0n) is 12.4. The first-order valence-corrected chi connectivity index (χ1v) is 7.62. The van der Waals surface area contributed by atoms with Gasteiger partial charge in [-0.3, -0.25) is 15.1 Å². The molecule has 0 amide bonds. The summed E-state index contributed by atoms with van der Waals surface area (Å²) in [4.78, 5) is 14.9. The Hall–Kier alpha value is -2.74. The molecule has 1 N–H and O–H groups in total. The minimum Gasteiger partial charge on any atom is -0.490 e. The van der Waals surface area contributed by atoms with Crippen molar-refractivity contribution in [3.63, 3.8) is 0 Å². The van der Waals surface area contributed by atoms with Gasteiger partial charge in [-0.15, -0.1) is 0 Å². The number of pyridine rings is 1. The van der Waals surface area contributed by atoms with E-state index in [1.165, 1.54) is 25.3 Å². The fraction of sp³-hybridized carbons (Fsp3) is 0.0625. The molecule has 0 radical (unpaired) electrons. The van der Waals surface area contributed by atoms with Crippen LogP contribution in [0.1, 0.15) is 0 Å². The van der Waals surface area contributed by atoms with Gasteiger partial charge >= 0.3 is 5.69 Å². The van der Waals surface area contributed by atoms with Gasteiger partial charge in [0.15, 0.2) is 5.75 Å². The van der Waals surface area contributed by atoms with Crippen molar-refractivity contribution in [1.29, 1.82) is 0 Å². The number of anilines is 2. The summed E-state index contributed by atoms with van der Waals surface area (Å²) in [6.45, 7) is 0. The summed E-state index contributed by atoms with van der Waals surface area (Å²) in [5, 5.41) is 14.9. The maximum atomic E-state index is 13.3. The molecular formula is C16H11BrFN3O3. The Morgan fingerprint density at radius 3 is 2.75 bits per heavy atom. The Morgan fingerprint density at radius 1 is 1.29 bits per heavy atom. The first kappa shape index (κ1) is 16.1. The predicted octanol–water partition coefficient (Wildman–Crippen LogP) is 4.80. The van der Waals surface area contributed by atoms with E-state index in [4.69, 9.17) is 4.74 Å². The maximum Gasteiger partial charge on any atom is 0.311 e. The second-order valence-electron chi connectivity index (χ2n) is 4.91. The lowest BCUT2D eigenvalue weighted by Gasteiger charge is -2.11. The largest absolute Gasteiger partial charge is 0.490 e. The predicted molar refractivity (Wildman–Crippen MR) is 92.3 cm³/mol. The van der Waals surface area contributed by atoms with Gasteiger partial charge in [-0.25, -0.2) is 4.39 Å². The van der Waals surface area contributed by atoms with Crippen LogP contribution in [0.2, 0.25) is 0 Å². The van der Waals surface area contributed by atoms with E-state index < -0.39 is 4.92 Å². The van der Waals surface area contributed by atoms with Crippen molar-refractivity contribution in [1.82, 2.24) is 4.98 Å². The van der Waals surface area contributed by atoms with Crippen LogP contribution in [-0.2, 0) is 0 Å². The molecule has 122 valence electrons. The SMILES string of the molecule is COc1cc2nccc(Nc3ccc(F)c(Br)c3)c2cc1[N+](=O)[O-]. The summed E-state index contributed by atoms with van der Waals surface area (Å²) >= 11 is 3.13. The fourth-order valence-corrected chi connectivity index (χ4v) is 2.69. The Bertz CT molecular complexity index is 949. The summed E-state index contributed by atoms with van der Waals surface area (Å²) in [5.41, 5.74) is 1.64. The van der Waals surface area contributed by atoms with E-state index in [0.29, 0.717) is 26.8 Å². The Balaban J connectivity index is 2.12. The minimum absolute atomic E-state index is 0.140. The van der Waals surface area contributed by atoms with E-state index in [1.807, 2.05) is 0 Å². The van der Waals surface area contributed by atoms with Gasteiger partial charge in [-0.1, -0.05) is 0 Å². The van der Waals surface area contributed by atoms with Gasteiger partial charge in [0, 0.05) is 35.1 Å². The number of fused-ring (bicyclic) bond motifs is 1. The molecule has 3 rings (SSSR count). The van der Waals surface area contributed by atoms with E-state index in [-0.39, 0.29) is 17.3 Å². The number of nitro groups is 1. The molecule has 6 nitrogen and oxygen atoms in total. The molecule has 0 aliphatic rings. The van der Waals surface area contributed by atoms with Crippen molar-refractivity contribution in [2.45, 2.75) is 0 Å². The molecule has 0 fully saturated rings. The Kier molecular flexibility index (Phi) is 4.30. The molecule has 0 saturated carbocycles. The number of nitrogens with zero attached hydrogens (tertiary/aromatic N) is 2. The van der Waals surface area contributed by atoms with Gasteiger partial charge in [0.25, 0.3) is 0 Å². The van der Waals surface area contributed by atoms with Gasteiger partial charge < -0.3 is 10.1 Å². The van der Waals surface area contributed by atoms with Crippen molar-refractivity contribution >= 4 is 43.9 Å². The zero-order chi connectivity index (χ0) is 17.3. The quantitative estimate of drug-likeness (QED) is 0.510. The molecule has 0 bridgehead atoms.